The third-order valence-electron chi connectivity index (χ3n) is 6.62. The van der Waals surface area contributed by atoms with Crippen molar-refractivity contribution in [2.24, 2.45) is 0 Å². The average molecular weight is 454 g/mol. The number of pyridine rings is 1. The van der Waals surface area contributed by atoms with Crippen molar-refractivity contribution in [3.63, 3.8) is 0 Å². The van der Waals surface area contributed by atoms with Crippen molar-refractivity contribution in [3.05, 3.63) is 101 Å². The van der Waals surface area contributed by atoms with Crippen LogP contribution in [0.15, 0.2) is 79.1 Å². The van der Waals surface area contributed by atoms with E-state index in [0.717, 1.165) is 48.1 Å². The highest BCUT2D eigenvalue weighted by molar-refractivity contribution is 5.94. The van der Waals surface area contributed by atoms with E-state index in [-0.39, 0.29) is 11.9 Å². The van der Waals surface area contributed by atoms with Gasteiger partial charge in [-0.3, -0.25) is 4.79 Å². The van der Waals surface area contributed by atoms with E-state index >= 15 is 0 Å². The summed E-state index contributed by atoms with van der Waals surface area (Å²) in [4.78, 5) is 31.1. The normalized spacial score (nSPS) is 14.3. The van der Waals surface area contributed by atoms with Gasteiger partial charge in [-0.15, -0.1) is 0 Å². The number of fused-ring (bicyclic) bond motifs is 1. The van der Waals surface area contributed by atoms with Crippen molar-refractivity contribution >= 4 is 22.9 Å². The molecule has 0 aliphatic carbocycles. The van der Waals surface area contributed by atoms with Gasteiger partial charge in [0, 0.05) is 43.0 Å². The van der Waals surface area contributed by atoms with Crippen LogP contribution >= 0.6 is 0 Å². The lowest BCUT2D eigenvalue weighted by molar-refractivity contribution is 0.0600. The molecule has 0 N–H and O–H groups in total. The molecule has 0 saturated carbocycles. The topological polar surface area (TPSA) is 64.4 Å². The number of hydrogen-bond acceptors (Lipinski definition) is 4. The molecule has 6 nitrogen and oxygen atoms in total. The molecule has 1 saturated heterocycles. The first-order valence-corrected chi connectivity index (χ1v) is 11.6. The quantitative estimate of drug-likeness (QED) is 0.404. The standard InChI is InChI=1S/C28H27N3O3/c1-34-28(33)23-9-7-20(8-10-23)19-31-16-13-24-17-25(18-29-26(24)31)21-11-14-30(15-12-21)27(32)22-5-3-2-4-6-22/h2-10,13,16-18,21H,11-12,14-15,19H2,1H3. The van der Waals surface area contributed by atoms with Crippen LogP contribution in [0.4, 0.5) is 0 Å². The maximum absolute atomic E-state index is 12.7. The Morgan fingerprint density at radius 1 is 0.971 bits per heavy atom. The van der Waals surface area contributed by atoms with E-state index in [9.17, 15) is 9.59 Å². The highest BCUT2D eigenvalue weighted by Gasteiger charge is 2.25. The second-order valence-corrected chi connectivity index (χ2v) is 8.75. The molecule has 0 spiro atoms. The number of methoxy groups -OCH3 is 1. The van der Waals surface area contributed by atoms with Crippen LogP contribution in [-0.4, -0.2) is 46.5 Å². The van der Waals surface area contributed by atoms with Gasteiger partial charge in [0.1, 0.15) is 5.65 Å². The van der Waals surface area contributed by atoms with Gasteiger partial charge in [0.2, 0.25) is 0 Å². The van der Waals surface area contributed by atoms with Crippen molar-refractivity contribution in [3.8, 4) is 0 Å². The van der Waals surface area contributed by atoms with Crippen LogP contribution in [0, 0.1) is 0 Å². The van der Waals surface area contributed by atoms with E-state index in [2.05, 4.69) is 22.9 Å². The molecule has 1 aliphatic heterocycles. The van der Waals surface area contributed by atoms with Crippen LogP contribution in [0.5, 0.6) is 0 Å². The summed E-state index contributed by atoms with van der Waals surface area (Å²) < 4.78 is 6.88. The van der Waals surface area contributed by atoms with Gasteiger partial charge >= 0.3 is 5.97 Å². The highest BCUT2D eigenvalue weighted by Crippen LogP contribution is 2.30. The molecule has 0 radical (unpaired) electrons. The minimum atomic E-state index is -0.331. The molecule has 2 aromatic heterocycles. The number of nitrogens with zero attached hydrogens (tertiary/aromatic N) is 3. The van der Waals surface area contributed by atoms with Crippen molar-refractivity contribution < 1.29 is 14.3 Å². The number of rotatable bonds is 5. The van der Waals surface area contributed by atoms with Crippen molar-refractivity contribution in [2.75, 3.05) is 20.2 Å². The number of hydrogen-bond donors (Lipinski definition) is 0. The molecule has 6 heteroatoms. The predicted molar refractivity (Wildman–Crippen MR) is 131 cm³/mol. The summed E-state index contributed by atoms with van der Waals surface area (Å²) in [7, 11) is 1.38. The first-order chi connectivity index (χ1) is 16.6. The number of amides is 1. The van der Waals surface area contributed by atoms with Gasteiger partial charge in [0.25, 0.3) is 5.91 Å². The van der Waals surface area contributed by atoms with E-state index < -0.39 is 0 Å². The lowest BCUT2D eigenvalue weighted by Crippen LogP contribution is -2.37. The molecule has 1 fully saturated rings. The number of carbonyl (C=O) groups excluding carboxylic acids is 2. The van der Waals surface area contributed by atoms with Crippen LogP contribution in [0.1, 0.15) is 50.6 Å². The van der Waals surface area contributed by atoms with Crippen molar-refractivity contribution in [1.29, 1.82) is 0 Å². The number of carbonyl (C=O) groups is 2. The van der Waals surface area contributed by atoms with Crippen LogP contribution in [0.25, 0.3) is 11.0 Å². The molecule has 0 bridgehead atoms. The third kappa shape index (κ3) is 4.44. The van der Waals surface area contributed by atoms with Gasteiger partial charge in [0.15, 0.2) is 0 Å². The molecule has 0 atom stereocenters. The Morgan fingerprint density at radius 2 is 1.71 bits per heavy atom. The summed E-state index contributed by atoms with van der Waals surface area (Å²) in [5.74, 6) is 0.192. The zero-order valence-electron chi connectivity index (χ0n) is 19.2. The molecular formula is C28H27N3O3. The molecule has 1 aliphatic rings. The van der Waals surface area contributed by atoms with Crippen LogP contribution < -0.4 is 0 Å². The highest BCUT2D eigenvalue weighted by atomic mass is 16.5. The SMILES string of the molecule is COC(=O)c1ccc(Cn2ccc3cc(C4CCN(C(=O)c5ccccc5)CC4)cnc32)cc1. The fourth-order valence-electron chi connectivity index (χ4n) is 4.69. The zero-order chi connectivity index (χ0) is 23.5. The molecule has 2 aromatic carbocycles. The van der Waals surface area contributed by atoms with Gasteiger partial charge in [0.05, 0.1) is 12.7 Å². The Balaban J connectivity index is 1.25. The Labute approximate surface area is 198 Å². The largest absolute Gasteiger partial charge is 0.465 e. The van der Waals surface area contributed by atoms with E-state index in [1.807, 2.05) is 53.6 Å². The lowest BCUT2D eigenvalue weighted by Gasteiger charge is -2.32. The van der Waals surface area contributed by atoms with Gasteiger partial charge in [-0.05, 0) is 66.3 Å². The van der Waals surface area contributed by atoms with Gasteiger partial charge < -0.3 is 14.2 Å². The lowest BCUT2D eigenvalue weighted by atomic mass is 9.90. The average Bonchev–Trinajstić information content (AvgIpc) is 3.30. The molecule has 172 valence electrons. The summed E-state index contributed by atoms with van der Waals surface area (Å²) in [6.45, 7) is 2.20. The second kappa shape index (κ2) is 9.51. The Kier molecular flexibility index (Phi) is 6.12. The minimum absolute atomic E-state index is 0.115. The Bertz CT molecular complexity index is 1300. The van der Waals surface area contributed by atoms with E-state index in [1.165, 1.54) is 12.7 Å². The second-order valence-electron chi connectivity index (χ2n) is 8.75. The maximum Gasteiger partial charge on any atom is 0.337 e. The number of likely N-dealkylation sites (tertiary alicyclic amines) is 1. The van der Waals surface area contributed by atoms with Gasteiger partial charge in [-0.25, -0.2) is 9.78 Å². The maximum atomic E-state index is 12.7. The van der Waals surface area contributed by atoms with E-state index in [4.69, 9.17) is 9.72 Å². The molecule has 34 heavy (non-hydrogen) atoms. The fourth-order valence-corrected chi connectivity index (χ4v) is 4.69. The van der Waals surface area contributed by atoms with Crippen LogP contribution in [0.2, 0.25) is 0 Å². The van der Waals surface area contributed by atoms with Crippen LogP contribution in [-0.2, 0) is 11.3 Å². The predicted octanol–water partition coefficient (Wildman–Crippen LogP) is 4.89. The monoisotopic (exact) mass is 453 g/mol. The zero-order valence-corrected chi connectivity index (χ0v) is 19.2. The van der Waals surface area contributed by atoms with Gasteiger partial charge in [-0.2, -0.15) is 0 Å². The molecule has 1 amide bonds. The number of ether oxygens (including phenoxy) is 1. The third-order valence-corrected chi connectivity index (χ3v) is 6.62. The summed E-state index contributed by atoms with van der Waals surface area (Å²) >= 11 is 0. The smallest absolute Gasteiger partial charge is 0.337 e. The fraction of sp³-hybridized carbons (Fsp3) is 0.250. The molecular weight excluding hydrogens is 426 g/mol. The summed E-state index contributed by atoms with van der Waals surface area (Å²) in [6, 6.07) is 21.3. The molecule has 3 heterocycles. The molecule has 0 unspecified atom stereocenters. The molecule has 4 aromatic rings. The van der Waals surface area contributed by atoms with E-state index in [0.29, 0.717) is 18.0 Å². The summed E-state index contributed by atoms with van der Waals surface area (Å²) in [6.07, 6.45) is 5.92. The Morgan fingerprint density at radius 3 is 2.41 bits per heavy atom. The summed E-state index contributed by atoms with van der Waals surface area (Å²) in [5.41, 5.74) is 4.57. The first-order valence-electron chi connectivity index (χ1n) is 11.6. The number of piperidine rings is 1. The number of esters is 1. The van der Waals surface area contributed by atoms with Gasteiger partial charge in [-0.1, -0.05) is 30.3 Å². The number of aromatic nitrogens is 2. The van der Waals surface area contributed by atoms with E-state index in [1.54, 1.807) is 12.1 Å². The van der Waals surface area contributed by atoms with Crippen LogP contribution in [0.3, 0.4) is 0 Å². The molecule has 5 rings (SSSR count). The Hall–Kier alpha value is -3.93. The summed E-state index contributed by atoms with van der Waals surface area (Å²) in [5, 5.41) is 1.12. The minimum Gasteiger partial charge on any atom is -0.465 e. The number of benzene rings is 2. The first kappa shape index (κ1) is 21.9. The van der Waals surface area contributed by atoms with Crippen molar-refractivity contribution in [1.82, 2.24) is 14.5 Å². The van der Waals surface area contributed by atoms with Crippen molar-refractivity contribution in [2.45, 2.75) is 25.3 Å².